The van der Waals surface area contributed by atoms with Gasteiger partial charge in [-0.3, -0.25) is 4.79 Å². The maximum Gasteiger partial charge on any atom is 0.248 e. The minimum atomic E-state index is -0.236. The molecule has 0 spiro atoms. The zero-order chi connectivity index (χ0) is 14.4. The maximum absolute atomic E-state index is 11.8. The Kier molecular flexibility index (Phi) is 4.70. The highest BCUT2D eigenvalue weighted by Gasteiger charge is 1.99. The Balaban J connectivity index is 2.04. The first-order valence-corrected chi connectivity index (χ1v) is 6.71. The van der Waals surface area contributed by atoms with Crippen molar-refractivity contribution < 1.29 is 4.79 Å². The highest BCUT2D eigenvalue weighted by atomic mass is 79.9. The molecule has 3 nitrogen and oxygen atoms in total. The smallest absolute Gasteiger partial charge is 0.248 e. The number of amides is 1. The standard InChI is InChI=1S/C16H11BrN2O/c17-14-5-1-3-12(9-14)7-8-16(20)19-15-6-2-4-13(10-15)11-18/h1-10H,(H,19,20)/b8-7+. The van der Waals surface area contributed by atoms with Crippen molar-refractivity contribution in [3.05, 3.63) is 70.2 Å². The van der Waals surface area contributed by atoms with E-state index in [9.17, 15) is 4.79 Å². The fourth-order valence-corrected chi connectivity index (χ4v) is 2.05. The van der Waals surface area contributed by atoms with Crippen LogP contribution in [0.3, 0.4) is 0 Å². The second-order valence-corrected chi connectivity index (χ2v) is 4.99. The minimum Gasteiger partial charge on any atom is -0.322 e. The van der Waals surface area contributed by atoms with Gasteiger partial charge in [-0.05, 0) is 42.0 Å². The van der Waals surface area contributed by atoms with Crippen LogP contribution in [0.5, 0.6) is 0 Å². The zero-order valence-corrected chi connectivity index (χ0v) is 12.1. The second-order valence-electron chi connectivity index (χ2n) is 4.07. The molecule has 0 aliphatic carbocycles. The Hall–Kier alpha value is -2.38. The third kappa shape index (κ3) is 4.08. The summed E-state index contributed by atoms with van der Waals surface area (Å²) in [6, 6.07) is 16.5. The van der Waals surface area contributed by atoms with E-state index in [1.165, 1.54) is 6.08 Å². The summed E-state index contributed by atoms with van der Waals surface area (Å²) < 4.78 is 0.960. The Morgan fingerprint density at radius 1 is 1.20 bits per heavy atom. The summed E-state index contributed by atoms with van der Waals surface area (Å²) in [7, 11) is 0. The molecule has 2 aromatic rings. The lowest BCUT2D eigenvalue weighted by Gasteiger charge is -2.02. The van der Waals surface area contributed by atoms with Gasteiger partial charge in [-0.15, -0.1) is 0 Å². The van der Waals surface area contributed by atoms with Crippen LogP contribution in [-0.2, 0) is 4.79 Å². The largest absolute Gasteiger partial charge is 0.322 e. The molecule has 0 saturated heterocycles. The van der Waals surface area contributed by atoms with Gasteiger partial charge in [0.2, 0.25) is 5.91 Å². The third-order valence-electron chi connectivity index (χ3n) is 2.54. The van der Waals surface area contributed by atoms with Crippen molar-refractivity contribution in [1.29, 1.82) is 5.26 Å². The van der Waals surface area contributed by atoms with Crippen LogP contribution < -0.4 is 5.32 Å². The molecule has 1 amide bonds. The van der Waals surface area contributed by atoms with Gasteiger partial charge in [0.15, 0.2) is 0 Å². The van der Waals surface area contributed by atoms with Crippen LogP contribution in [-0.4, -0.2) is 5.91 Å². The zero-order valence-electron chi connectivity index (χ0n) is 10.5. The fourth-order valence-electron chi connectivity index (χ4n) is 1.63. The molecule has 0 bridgehead atoms. The normalized spacial score (nSPS) is 10.2. The van der Waals surface area contributed by atoms with Crippen molar-refractivity contribution in [1.82, 2.24) is 0 Å². The first kappa shape index (κ1) is 14.0. The lowest BCUT2D eigenvalue weighted by Crippen LogP contribution is -2.07. The van der Waals surface area contributed by atoms with E-state index in [-0.39, 0.29) is 5.91 Å². The number of nitriles is 1. The molecule has 0 aromatic heterocycles. The van der Waals surface area contributed by atoms with E-state index in [4.69, 9.17) is 5.26 Å². The van der Waals surface area contributed by atoms with Crippen LogP contribution in [0.15, 0.2) is 59.1 Å². The van der Waals surface area contributed by atoms with E-state index in [1.54, 1.807) is 30.3 Å². The Labute approximate surface area is 125 Å². The van der Waals surface area contributed by atoms with Crippen molar-refractivity contribution in [2.45, 2.75) is 0 Å². The molecular weight excluding hydrogens is 316 g/mol. The summed E-state index contributed by atoms with van der Waals surface area (Å²) in [6.45, 7) is 0. The van der Waals surface area contributed by atoms with E-state index < -0.39 is 0 Å². The van der Waals surface area contributed by atoms with Crippen molar-refractivity contribution in [3.8, 4) is 6.07 Å². The fraction of sp³-hybridized carbons (Fsp3) is 0. The van der Waals surface area contributed by atoms with Gasteiger partial charge in [0.05, 0.1) is 11.6 Å². The first-order chi connectivity index (χ1) is 9.67. The highest BCUT2D eigenvalue weighted by Crippen LogP contribution is 2.13. The van der Waals surface area contributed by atoms with Gasteiger partial charge >= 0.3 is 0 Å². The maximum atomic E-state index is 11.8. The number of halogens is 1. The van der Waals surface area contributed by atoms with E-state index in [0.29, 0.717) is 11.3 Å². The van der Waals surface area contributed by atoms with Gasteiger partial charge in [0.25, 0.3) is 0 Å². The van der Waals surface area contributed by atoms with Crippen LogP contribution in [0, 0.1) is 11.3 Å². The lowest BCUT2D eigenvalue weighted by atomic mass is 10.2. The number of carbonyl (C=O) groups is 1. The molecule has 98 valence electrons. The van der Waals surface area contributed by atoms with Crippen LogP contribution in [0.25, 0.3) is 6.08 Å². The van der Waals surface area contributed by atoms with E-state index in [0.717, 1.165) is 10.0 Å². The second kappa shape index (κ2) is 6.69. The summed E-state index contributed by atoms with van der Waals surface area (Å²) in [5.74, 6) is -0.236. The average molecular weight is 327 g/mol. The summed E-state index contributed by atoms with van der Waals surface area (Å²) >= 11 is 3.37. The molecule has 0 unspecified atom stereocenters. The highest BCUT2D eigenvalue weighted by molar-refractivity contribution is 9.10. The summed E-state index contributed by atoms with van der Waals surface area (Å²) in [6.07, 6.45) is 3.19. The molecule has 1 N–H and O–H groups in total. The quantitative estimate of drug-likeness (QED) is 0.867. The third-order valence-corrected chi connectivity index (χ3v) is 3.03. The van der Waals surface area contributed by atoms with Crippen molar-refractivity contribution in [2.75, 3.05) is 5.32 Å². The number of nitrogens with zero attached hydrogens (tertiary/aromatic N) is 1. The number of carbonyl (C=O) groups excluding carboxylic acids is 1. The summed E-state index contributed by atoms with van der Waals surface area (Å²) in [5.41, 5.74) is 2.05. The average Bonchev–Trinajstić information content (AvgIpc) is 2.45. The molecule has 2 rings (SSSR count). The number of benzene rings is 2. The molecule has 0 radical (unpaired) electrons. The van der Waals surface area contributed by atoms with Crippen LogP contribution in [0.2, 0.25) is 0 Å². The van der Waals surface area contributed by atoms with Gasteiger partial charge in [0.1, 0.15) is 0 Å². The van der Waals surface area contributed by atoms with Crippen LogP contribution >= 0.6 is 15.9 Å². The molecule has 0 aliphatic heterocycles. The van der Waals surface area contributed by atoms with Gasteiger partial charge in [-0.1, -0.05) is 34.1 Å². The molecule has 0 heterocycles. The molecule has 0 aliphatic rings. The summed E-state index contributed by atoms with van der Waals surface area (Å²) in [5, 5.41) is 11.5. The van der Waals surface area contributed by atoms with Gasteiger partial charge < -0.3 is 5.32 Å². The lowest BCUT2D eigenvalue weighted by molar-refractivity contribution is -0.111. The van der Waals surface area contributed by atoms with Crippen molar-refractivity contribution >= 4 is 33.6 Å². The predicted molar refractivity (Wildman–Crippen MR) is 83.0 cm³/mol. The summed E-state index contributed by atoms with van der Waals surface area (Å²) in [4.78, 5) is 11.8. The number of hydrogen-bond donors (Lipinski definition) is 1. The Morgan fingerprint density at radius 2 is 2.00 bits per heavy atom. The monoisotopic (exact) mass is 326 g/mol. The SMILES string of the molecule is N#Cc1cccc(NC(=O)/C=C/c2cccc(Br)c2)c1. The molecule has 0 saturated carbocycles. The van der Waals surface area contributed by atoms with Gasteiger partial charge in [-0.25, -0.2) is 0 Å². The molecule has 2 aromatic carbocycles. The van der Waals surface area contributed by atoms with Crippen molar-refractivity contribution in [2.24, 2.45) is 0 Å². The van der Waals surface area contributed by atoms with Crippen molar-refractivity contribution in [3.63, 3.8) is 0 Å². The first-order valence-electron chi connectivity index (χ1n) is 5.92. The molecule has 0 fully saturated rings. The van der Waals surface area contributed by atoms with E-state index in [2.05, 4.69) is 21.2 Å². The van der Waals surface area contributed by atoms with E-state index >= 15 is 0 Å². The molecular formula is C16H11BrN2O. The number of hydrogen-bond acceptors (Lipinski definition) is 2. The molecule has 0 atom stereocenters. The Bertz CT molecular complexity index is 702. The predicted octanol–water partition coefficient (Wildman–Crippen LogP) is 3.97. The van der Waals surface area contributed by atoms with E-state index in [1.807, 2.05) is 30.3 Å². The van der Waals surface area contributed by atoms with Crippen LogP contribution in [0.4, 0.5) is 5.69 Å². The van der Waals surface area contributed by atoms with Gasteiger partial charge in [0, 0.05) is 16.2 Å². The molecule has 20 heavy (non-hydrogen) atoms. The number of rotatable bonds is 3. The number of anilines is 1. The minimum absolute atomic E-state index is 0.236. The number of nitrogens with one attached hydrogen (secondary N) is 1. The topological polar surface area (TPSA) is 52.9 Å². The molecule has 4 heteroatoms. The van der Waals surface area contributed by atoms with Gasteiger partial charge in [-0.2, -0.15) is 5.26 Å². The van der Waals surface area contributed by atoms with Crippen LogP contribution in [0.1, 0.15) is 11.1 Å². The Morgan fingerprint density at radius 3 is 2.75 bits per heavy atom.